The summed E-state index contributed by atoms with van der Waals surface area (Å²) in [7, 11) is 0. The normalized spacial score (nSPS) is 19.9. The minimum absolute atomic E-state index is 0. The van der Waals surface area contributed by atoms with Gasteiger partial charge in [-0.05, 0) is 66.4 Å². The lowest BCUT2D eigenvalue weighted by Crippen LogP contribution is -2.48. The van der Waals surface area contributed by atoms with Crippen LogP contribution < -0.4 is 4.74 Å². The molecular weight excluding hydrogens is 411 g/mol. The summed E-state index contributed by atoms with van der Waals surface area (Å²) in [5.74, 6) is 1.13. The lowest BCUT2D eigenvalue weighted by molar-refractivity contribution is 0.0600. The monoisotopic (exact) mass is 434 g/mol. The molecule has 2 aliphatic heterocycles. The van der Waals surface area contributed by atoms with Gasteiger partial charge in [0.15, 0.2) is 0 Å². The van der Waals surface area contributed by atoms with Crippen molar-refractivity contribution < 1.29 is 9.13 Å². The number of likely N-dealkylation sites (tertiary alicyclic amines) is 1. The van der Waals surface area contributed by atoms with Crippen LogP contribution in [0.4, 0.5) is 4.39 Å². The number of halogens is 2. The van der Waals surface area contributed by atoms with Crippen molar-refractivity contribution in [3.8, 4) is 22.9 Å². The van der Waals surface area contributed by atoms with Crippen molar-refractivity contribution in [3.05, 3.63) is 89.2 Å². The van der Waals surface area contributed by atoms with Gasteiger partial charge < -0.3 is 4.74 Å². The standard InChI is InChI=1S/C26H23FN2O.ClH/c27-22-10-8-21(9-11-22)20-6-3-18(4-7-20)16-29-13-1-2-23-24-14-19(15-28)5-12-26(24)30-17-25(23)29;/h3-12,14,23,25H,1-2,13,16-17H2;1H. The van der Waals surface area contributed by atoms with Crippen LogP contribution >= 0.6 is 12.4 Å². The van der Waals surface area contributed by atoms with E-state index in [1.54, 1.807) is 0 Å². The number of rotatable bonds is 3. The molecule has 5 rings (SSSR count). The Morgan fingerprint density at radius 1 is 1.00 bits per heavy atom. The van der Waals surface area contributed by atoms with E-state index in [-0.39, 0.29) is 18.2 Å². The summed E-state index contributed by atoms with van der Waals surface area (Å²) in [4.78, 5) is 2.52. The molecule has 0 amide bonds. The average Bonchev–Trinajstić information content (AvgIpc) is 2.80. The summed E-state index contributed by atoms with van der Waals surface area (Å²) in [5.41, 5.74) is 5.26. The third kappa shape index (κ3) is 4.30. The van der Waals surface area contributed by atoms with Crippen molar-refractivity contribution in [2.45, 2.75) is 31.3 Å². The van der Waals surface area contributed by atoms with Gasteiger partial charge in [-0.15, -0.1) is 12.4 Å². The number of hydrogen-bond donors (Lipinski definition) is 0. The topological polar surface area (TPSA) is 36.3 Å². The highest BCUT2D eigenvalue weighted by atomic mass is 35.5. The number of ether oxygens (including phenoxy) is 1. The molecular formula is C26H24ClFN2O. The van der Waals surface area contributed by atoms with Crippen LogP contribution in [-0.2, 0) is 6.54 Å². The quantitative estimate of drug-likeness (QED) is 0.512. The number of nitrogens with zero attached hydrogens (tertiary/aromatic N) is 2. The summed E-state index contributed by atoms with van der Waals surface area (Å²) >= 11 is 0. The second-order valence-corrected chi connectivity index (χ2v) is 8.17. The molecule has 5 heteroatoms. The van der Waals surface area contributed by atoms with E-state index in [4.69, 9.17) is 4.74 Å². The smallest absolute Gasteiger partial charge is 0.123 e. The summed E-state index contributed by atoms with van der Waals surface area (Å²) in [6.07, 6.45) is 2.28. The maximum absolute atomic E-state index is 13.2. The van der Waals surface area contributed by atoms with Crippen molar-refractivity contribution in [3.63, 3.8) is 0 Å². The van der Waals surface area contributed by atoms with E-state index in [9.17, 15) is 9.65 Å². The Morgan fingerprint density at radius 3 is 2.42 bits per heavy atom. The van der Waals surface area contributed by atoms with E-state index in [0.717, 1.165) is 42.8 Å². The second-order valence-electron chi connectivity index (χ2n) is 8.17. The SMILES string of the molecule is Cl.N#Cc1ccc2c(c1)C1CCCN(Cc3ccc(-c4ccc(F)cc4)cc3)C1CO2. The van der Waals surface area contributed by atoms with Gasteiger partial charge >= 0.3 is 0 Å². The number of benzene rings is 3. The van der Waals surface area contributed by atoms with Crippen LogP contribution in [-0.4, -0.2) is 24.1 Å². The number of nitriles is 1. The third-order valence-corrected chi connectivity index (χ3v) is 6.36. The molecule has 2 heterocycles. The predicted molar refractivity (Wildman–Crippen MR) is 122 cm³/mol. The van der Waals surface area contributed by atoms with Crippen LogP contribution in [0.25, 0.3) is 11.1 Å². The zero-order valence-corrected chi connectivity index (χ0v) is 17.9. The fraction of sp³-hybridized carbons (Fsp3) is 0.269. The van der Waals surface area contributed by atoms with E-state index in [1.165, 1.54) is 23.3 Å². The van der Waals surface area contributed by atoms with Gasteiger partial charge in [0.05, 0.1) is 17.7 Å². The molecule has 0 aromatic heterocycles. The summed E-state index contributed by atoms with van der Waals surface area (Å²) < 4.78 is 19.2. The maximum atomic E-state index is 13.2. The van der Waals surface area contributed by atoms with Gasteiger partial charge in [-0.3, -0.25) is 4.90 Å². The second kappa shape index (κ2) is 9.09. The molecule has 0 aliphatic carbocycles. The van der Waals surface area contributed by atoms with E-state index in [0.29, 0.717) is 24.1 Å². The Bertz CT molecular complexity index is 1090. The zero-order valence-electron chi connectivity index (χ0n) is 17.1. The molecule has 3 aromatic carbocycles. The highest BCUT2D eigenvalue weighted by Crippen LogP contribution is 2.42. The van der Waals surface area contributed by atoms with Gasteiger partial charge in [0.2, 0.25) is 0 Å². The Hall–Kier alpha value is -2.87. The first-order valence-electron chi connectivity index (χ1n) is 10.5. The Morgan fingerprint density at radius 2 is 1.71 bits per heavy atom. The largest absolute Gasteiger partial charge is 0.492 e. The Balaban J connectivity index is 0.00000231. The number of fused-ring (bicyclic) bond motifs is 3. The summed E-state index contributed by atoms with van der Waals surface area (Å²) in [6, 6.07) is 23.5. The minimum Gasteiger partial charge on any atom is -0.492 e. The predicted octanol–water partition coefficient (Wildman–Crippen LogP) is 5.93. The van der Waals surface area contributed by atoms with Crippen LogP contribution in [0.2, 0.25) is 0 Å². The van der Waals surface area contributed by atoms with Crippen molar-refractivity contribution >= 4 is 12.4 Å². The molecule has 2 unspecified atom stereocenters. The molecule has 0 bridgehead atoms. The van der Waals surface area contributed by atoms with E-state index >= 15 is 0 Å². The fourth-order valence-corrected chi connectivity index (χ4v) is 4.80. The molecule has 2 aliphatic rings. The highest BCUT2D eigenvalue weighted by molar-refractivity contribution is 5.85. The third-order valence-electron chi connectivity index (χ3n) is 6.36. The molecule has 2 atom stereocenters. The van der Waals surface area contributed by atoms with Gasteiger partial charge in [0.25, 0.3) is 0 Å². The van der Waals surface area contributed by atoms with Gasteiger partial charge in [-0.25, -0.2) is 4.39 Å². The molecule has 3 nitrogen and oxygen atoms in total. The molecule has 0 saturated carbocycles. The molecule has 3 aromatic rings. The van der Waals surface area contributed by atoms with Crippen molar-refractivity contribution in [2.24, 2.45) is 0 Å². The molecule has 31 heavy (non-hydrogen) atoms. The number of piperidine rings is 1. The zero-order chi connectivity index (χ0) is 20.5. The van der Waals surface area contributed by atoms with Crippen LogP contribution in [0.5, 0.6) is 5.75 Å². The van der Waals surface area contributed by atoms with Crippen molar-refractivity contribution in [1.82, 2.24) is 4.90 Å². The van der Waals surface area contributed by atoms with Gasteiger partial charge in [-0.1, -0.05) is 36.4 Å². The maximum Gasteiger partial charge on any atom is 0.123 e. The van der Waals surface area contributed by atoms with E-state index < -0.39 is 0 Å². The van der Waals surface area contributed by atoms with Crippen LogP contribution in [0.3, 0.4) is 0 Å². The van der Waals surface area contributed by atoms with Crippen molar-refractivity contribution in [2.75, 3.05) is 13.2 Å². The average molecular weight is 435 g/mol. The first-order valence-corrected chi connectivity index (χ1v) is 10.5. The highest BCUT2D eigenvalue weighted by Gasteiger charge is 2.37. The minimum atomic E-state index is -0.215. The van der Waals surface area contributed by atoms with E-state index in [1.807, 2.05) is 30.3 Å². The molecule has 0 radical (unpaired) electrons. The fourth-order valence-electron chi connectivity index (χ4n) is 4.80. The summed E-state index contributed by atoms with van der Waals surface area (Å²) in [5, 5.41) is 9.28. The van der Waals surface area contributed by atoms with Gasteiger partial charge in [0.1, 0.15) is 18.2 Å². The molecule has 0 spiro atoms. The molecule has 158 valence electrons. The summed E-state index contributed by atoms with van der Waals surface area (Å²) in [6.45, 7) is 2.62. The lowest BCUT2D eigenvalue weighted by Gasteiger charge is -2.44. The van der Waals surface area contributed by atoms with Crippen LogP contribution in [0.1, 0.15) is 35.4 Å². The first-order chi connectivity index (χ1) is 14.7. The molecule has 1 fully saturated rings. The molecule has 0 N–H and O–H groups in total. The van der Waals surface area contributed by atoms with E-state index in [2.05, 4.69) is 35.2 Å². The van der Waals surface area contributed by atoms with Crippen molar-refractivity contribution in [1.29, 1.82) is 5.26 Å². The Labute approximate surface area is 188 Å². The number of hydrogen-bond acceptors (Lipinski definition) is 3. The van der Waals surface area contributed by atoms with Crippen LogP contribution in [0.15, 0.2) is 66.7 Å². The Kier molecular flexibility index (Phi) is 6.27. The van der Waals surface area contributed by atoms with Crippen LogP contribution in [0, 0.1) is 17.1 Å². The van der Waals surface area contributed by atoms with Gasteiger partial charge in [-0.2, -0.15) is 5.26 Å². The first kappa shape index (κ1) is 21.4. The molecule has 1 saturated heterocycles. The lowest BCUT2D eigenvalue weighted by atomic mass is 9.81. The van der Waals surface area contributed by atoms with Gasteiger partial charge in [0, 0.05) is 18.0 Å².